The molecule has 0 N–H and O–H groups in total. The molecule has 0 atom stereocenters. The minimum absolute atomic E-state index is 0.0213. The summed E-state index contributed by atoms with van der Waals surface area (Å²) in [4.78, 5) is 22.8. The number of amides is 1. The summed E-state index contributed by atoms with van der Waals surface area (Å²) in [6.45, 7) is 1.98. The number of methoxy groups -OCH3 is 1. The first-order chi connectivity index (χ1) is 14.9. The molecule has 1 heterocycles. The van der Waals surface area contributed by atoms with Gasteiger partial charge in [0.05, 0.1) is 30.6 Å². The topological polar surface area (TPSA) is 89.5 Å². The van der Waals surface area contributed by atoms with Gasteiger partial charge in [-0.05, 0) is 36.2 Å². The van der Waals surface area contributed by atoms with Gasteiger partial charge in [0.1, 0.15) is 5.75 Å². The number of hydrogen-bond donors (Lipinski definition) is 0. The van der Waals surface area contributed by atoms with Gasteiger partial charge in [-0.15, -0.1) is 0 Å². The number of carbonyl (C=O) groups excluding carboxylic acids is 1. The van der Waals surface area contributed by atoms with E-state index in [0.717, 1.165) is 11.8 Å². The van der Waals surface area contributed by atoms with E-state index in [1.165, 1.54) is 4.90 Å². The second-order valence-corrected chi connectivity index (χ2v) is 9.15. The highest BCUT2D eigenvalue weighted by atomic mass is 35.5. The summed E-state index contributed by atoms with van der Waals surface area (Å²) in [5.74, 6) is -0.00711. The Hall–Kier alpha value is -2.97. The molecular formula is C22H22ClN3O4S. The van der Waals surface area contributed by atoms with Crippen molar-refractivity contribution in [3.63, 3.8) is 0 Å². The van der Waals surface area contributed by atoms with Crippen LogP contribution in [0.5, 0.6) is 5.75 Å². The molecule has 0 aliphatic rings. The molecule has 7 nitrogen and oxygen atoms in total. The standard InChI is InChI=1S/C22H22ClN3O4S/c1-3-13-31(28,29)22-24-14-19(23)20(25-22)21(27)26(15-16-7-5-4-6-8-16)17-9-11-18(30-2)12-10-17/h4-12,14H,3,13,15H2,1-2H3. The number of anilines is 1. The maximum Gasteiger partial charge on any atom is 0.278 e. The van der Waals surface area contributed by atoms with Crippen LogP contribution in [0.1, 0.15) is 29.4 Å². The highest BCUT2D eigenvalue weighted by Gasteiger charge is 2.26. The maximum absolute atomic E-state index is 13.5. The van der Waals surface area contributed by atoms with Crippen molar-refractivity contribution in [3.8, 4) is 5.75 Å². The lowest BCUT2D eigenvalue weighted by Crippen LogP contribution is -2.32. The fourth-order valence-electron chi connectivity index (χ4n) is 2.95. The molecule has 9 heteroatoms. The van der Waals surface area contributed by atoms with Crippen LogP contribution in [-0.4, -0.2) is 37.2 Å². The Kier molecular flexibility index (Phi) is 7.25. The average Bonchev–Trinajstić information content (AvgIpc) is 2.78. The molecule has 31 heavy (non-hydrogen) atoms. The van der Waals surface area contributed by atoms with E-state index in [2.05, 4.69) is 9.97 Å². The normalized spacial score (nSPS) is 11.2. The number of nitrogens with zero attached hydrogens (tertiary/aromatic N) is 3. The SMILES string of the molecule is CCCS(=O)(=O)c1ncc(Cl)c(C(=O)N(Cc2ccccc2)c2ccc(OC)cc2)n1. The largest absolute Gasteiger partial charge is 0.497 e. The Morgan fingerprint density at radius 1 is 1.10 bits per heavy atom. The van der Waals surface area contributed by atoms with Crippen LogP contribution in [0.25, 0.3) is 0 Å². The van der Waals surface area contributed by atoms with Crippen molar-refractivity contribution in [2.75, 3.05) is 17.8 Å². The molecule has 0 saturated carbocycles. The van der Waals surface area contributed by atoms with Gasteiger partial charge in [-0.1, -0.05) is 48.9 Å². The number of carbonyl (C=O) groups is 1. The van der Waals surface area contributed by atoms with Crippen LogP contribution >= 0.6 is 11.6 Å². The summed E-state index contributed by atoms with van der Waals surface area (Å²) in [5.41, 5.74) is 1.30. The zero-order chi connectivity index (χ0) is 22.4. The first kappa shape index (κ1) is 22.7. The Labute approximate surface area is 186 Å². The smallest absolute Gasteiger partial charge is 0.278 e. The molecule has 0 aliphatic carbocycles. The van der Waals surface area contributed by atoms with Crippen LogP contribution in [-0.2, 0) is 16.4 Å². The third kappa shape index (κ3) is 5.39. The van der Waals surface area contributed by atoms with E-state index in [1.807, 2.05) is 30.3 Å². The lowest BCUT2D eigenvalue weighted by molar-refractivity contribution is 0.0979. The fourth-order valence-corrected chi connectivity index (χ4v) is 4.28. The Morgan fingerprint density at radius 2 is 1.77 bits per heavy atom. The summed E-state index contributed by atoms with van der Waals surface area (Å²) in [6.07, 6.45) is 1.56. The van der Waals surface area contributed by atoms with Gasteiger partial charge < -0.3 is 9.64 Å². The molecule has 0 radical (unpaired) electrons. The van der Waals surface area contributed by atoms with Crippen molar-refractivity contribution in [2.45, 2.75) is 25.0 Å². The highest BCUT2D eigenvalue weighted by Crippen LogP contribution is 2.25. The predicted octanol–water partition coefficient (Wildman–Crippen LogP) is 4.17. The van der Waals surface area contributed by atoms with Crippen molar-refractivity contribution in [1.29, 1.82) is 0 Å². The van der Waals surface area contributed by atoms with E-state index in [9.17, 15) is 13.2 Å². The number of sulfone groups is 1. The molecule has 3 rings (SSSR count). The molecule has 0 unspecified atom stereocenters. The second kappa shape index (κ2) is 9.89. The van der Waals surface area contributed by atoms with Gasteiger partial charge in [-0.25, -0.2) is 18.4 Å². The predicted molar refractivity (Wildman–Crippen MR) is 119 cm³/mol. The van der Waals surface area contributed by atoms with Gasteiger partial charge in [0.25, 0.3) is 5.91 Å². The van der Waals surface area contributed by atoms with Gasteiger partial charge in [-0.2, -0.15) is 0 Å². The van der Waals surface area contributed by atoms with Crippen LogP contribution in [0.2, 0.25) is 5.02 Å². The summed E-state index contributed by atoms with van der Waals surface area (Å²) < 4.78 is 30.0. The average molecular weight is 460 g/mol. The van der Waals surface area contributed by atoms with E-state index in [1.54, 1.807) is 38.3 Å². The first-order valence-corrected chi connectivity index (χ1v) is 11.6. The Balaban J connectivity index is 2.05. The van der Waals surface area contributed by atoms with Crippen molar-refractivity contribution >= 4 is 33.0 Å². The molecule has 0 bridgehead atoms. The van der Waals surface area contributed by atoms with Gasteiger partial charge >= 0.3 is 0 Å². The van der Waals surface area contributed by atoms with Crippen molar-refractivity contribution in [1.82, 2.24) is 9.97 Å². The molecule has 0 spiro atoms. The third-order valence-corrected chi connectivity index (χ3v) is 6.46. The lowest BCUT2D eigenvalue weighted by Gasteiger charge is -2.23. The van der Waals surface area contributed by atoms with Gasteiger partial charge in [0.15, 0.2) is 5.69 Å². The molecule has 0 fully saturated rings. The number of benzene rings is 2. The van der Waals surface area contributed by atoms with Crippen LogP contribution in [0, 0.1) is 0 Å². The van der Waals surface area contributed by atoms with E-state index in [-0.39, 0.29) is 23.0 Å². The molecular weight excluding hydrogens is 438 g/mol. The third-order valence-electron chi connectivity index (χ3n) is 4.49. The minimum atomic E-state index is -3.71. The Morgan fingerprint density at radius 3 is 2.39 bits per heavy atom. The zero-order valence-electron chi connectivity index (χ0n) is 17.2. The number of ether oxygens (including phenoxy) is 1. The van der Waals surface area contributed by atoms with Gasteiger partial charge in [0, 0.05) is 5.69 Å². The van der Waals surface area contributed by atoms with Gasteiger partial charge in [-0.3, -0.25) is 4.79 Å². The first-order valence-electron chi connectivity index (χ1n) is 9.61. The van der Waals surface area contributed by atoms with Crippen LogP contribution < -0.4 is 9.64 Å². The van der Waals surface area contributed by atoms with Gasteiger partial charge in [0.2, 0.25) is 15.0 Å². The number of halogens is 1. The highest BCUT2D eigenvalue weighted by molar-refractivity contribution is 7.91. The quantitative estimate of drug-likeness (QED) is 0.469. The van der Waals surface area contributed by atoms with E-state index >= 15 is 0 Å². The van der Waals surface area contributed by atoms with E-state index in [4.69, 9.17) is 16.3 Å². The lowest BCUT2D eigenvalue weighted by atomic mass is 10.1. The fraction of sp³-hybridized carbons (Fsp3) is 0.227. The summed E-state index contributed by atoms with van der Waals surface area (Å²) in [6, 6.07) is 16.4. The van der Waals surface area contributed by atoms with Crippen molar-refractivity contribution in [3.05, 3.63) is 77.1 Å². The molecule has 3 aromatic rings. The maximum atomic E-state index is 13.5. The number of rotatable bonds is 8. The summed E-state index contributed by atoms with van der Waals surface area (Å²) in [7, 11) is -2.15. The molecule has 162 valence electrons. The number of hydrogen-bond acceptors (Lipinski definition) is 6. The monoisotopic (exact) mass is 459 g/mol. The van der Waals surface area contributed by atoms with E-state index in [0.29, 0.717) is 17.9 Å². The zero-order valence-corrected chi connectivity index (χ0v) is 18.7. The second-order valence-electron chi connectivity index (χ2n) is 6.74. The van der Waals surface area contributed by atoms with E-state index < -0.39 is 20.9 Å². The minimum Gasteiger partial charge on any atom is -0.497 e. The molecule has 1 aromatic heterocycles. The van der Waals surface area contributed by atoms with Crippen molar-refractivity contribution in [2.24, 2.45) is 0 Å². The van der Waals surface area contributed by atoms with Crippen LogP contribution in [0.4, 0.5) is 5.69 Å². The van der Waals surface area contributed by atoms with Crippen LogP contribution in [0.15, 0.2) is 66.0 Å². The molecule has 1 amide bonds. The van der Waals surface area contributed by atoms with Crippen LogP contribution in [0.3, 0.4) is 0 Å². The number of aromatic nitrogens is 2. The Bertz CT molecular complexity index is 1150. The summed E-state index contributed by atoms with van der Waals surface area (Å²) >= 11 is 6.21. The molecule has 0 aliphatic heterocycles. The molecule has 0 saturated heterocycles. The van der Waals surface area contributed by atoms with Crippen molar-refractivity contribution < 1.29 is 17.9 Å². The summed E-state index contributed by atoms with van der Waals surface area (Å²) in [5, 5.41) is -0.427. The molecule has 2 aromatic carbocycles.